The highest BCUT2D eigenvalue weighted by molar-refractivity contribution is 6.10. The quantitative estimate of drug-likeness (QED) is 0.166. The van der Waals surface area contributed by atoms with E-state index < -0.39 is 41.0 Å². The zero-order valence-electron chi connectivity index (χ0n) is 30.7. The summed E-state index contributed by atoms with van der Waals surface area (Å²) in [6, 6.07) is 33.3. The molecular weight excluding hydrogens is 686 g/mol. The molecule has 0 amide bonds. The van der Waals surface area contributed by atoms with Gasteiger partial charge in [-0.2, -0.15) is 26.3 Å². The fraction of sp³-hybridized carbons (Fsp3) is 0.159. The van der Waals surface area contributed by atoms with E-state index in [1.54, 1.807) is 45.0 Å². The van der Waals surface area contributed by atoms with Crippen LogP contribution >= 0.6 is 0 Å². The summed E-state index contributed by atoms with van der Waals surface area (Å²) < 4.78 is 116. The van der Waals surface area contributed by atoms with E-state index >= 15 is 26.3 Å². The van der Waals surface area contributed by atoms with Gasteiger partial charge in [-0.3, -0.25) is 4.57 Å². The number of furan rings is 1. The Morgan fingerprint density at radius 1 is 0.623 bits per heavy atom. The van der Waals surface area contributed by atoms with Crippen LogP contribution in [0.4, 0.5) is 26.3 Å². The molecule has 8 rings (SSSR count). The topological polar surface area (TPSA) is 31.0 Å². The van der Waals surface area contributed by atoms with Crippen molar-refractivity contribution in [2.24, 2.45) is 5.41 Å². The fourth-order valence-corrected chi connectivity index (χ4v) is 6.87. The third-order valence-corrected chi connectivity index (χ3v) is 9.09. The number of halogens is 6. The standard InChI is InChI=1S/C44H32F6N2O/c1-42(2,3)25-26-16-18-28(19-17-26)30-22-34(43(45,46)47)39(35(23-30)44(48,49)50)52-37-15-8-7-14-36(37)51-41(52)33-13-9-12-32-31-21-20-29(24-38(31)53-40(32)33)27-10-5-4-6-11-27/h4-24H,25H2,1-3H3/i25D2. The smallest absolute Gasteiger partial charge is 0.418 e. The Hall–Kier alpha value is -5.83. The Labute approximate surface area is 303 Å². The number of aromatic nitrogens is 2. The molecule has 0 fully saturated rings. The van der Waals surface area contributed by atoms with Crippen molar-refractivity contribution in [3.8, 4) is 39.3 Å². The summed E-state index contributed by atoms with van der Waals surface area (Å²) in [4.78, 5) is 4.66. The zero-order chi connectivity index (χ0) is 39.1. The third kappa shape index (κ3) is 6.34. The van der Waals surface area contributed by atoms with Gasteiger partial charge in [0.15, 0.2) is 0 Å². The molecule has 0 N–H and O–H groups in total. The van der Waals surface area contributed by atoms with Gasteiger partial charge >= 0.3 is 12.4 Å². The van der Waals surface area contributed by atoms with Crippen LogP contribution in [-0.2, 0) is 18.7 Å². The number of hydrogen-bond acceptors (Lipinski definition) is 2. The second kappa shape index (κ2) is 12.4. The number of fused-ring (bicyclic) bond motifs is 4. The molecule has 0 aliphatic carbocycles. The van der Waals surface area contributed by atoms with Crippen LogP contribution in [0.1, 0.15) is 40.2 Å². The average Bonchev–Trinajstić information content (AvgIpc) is 3.72. The Morgan fingerprint density at radius 2 is 1.25 bits per heavy atom. The van der Waals surface area contributed by atoms with E-state index in [2.05, 4.69) is 4.98 Å². The lowest BCUT2D eigenvalue weighted by atomic mass is 9.87. The van der Waals surface area contributed by atoms with Crippen molar-refractivity contribution >= 4 is 33.0 Å². The van der Waals surface area contributed by atoms with Crippen molar-refractivity contribution in [2.75, 3.05) is 0 Å². The van der Waals surface area contributed by atoms with Gasteiger partial charge in [-0.05, 0) is 82.1 Å². The maximum absolute atomic E-state index is 15.3. The van der Waals surface area contributed by atoms with Gasteiger partial charge in [-0.1, -0.05) is 106 Å². The molecule has 0 aliphatic heterocycles. The minimum atomic E-state index is -5.24. The van der Waals surface area contributed by atoms with Crippen LogP contribution in [0.3, 0.4) is 0 Å². The molecule has 0 atom stereocenters. The molecule has 0 unspecified atom stereocenters. The molecule has 53 heavy (non-hydrogen) atoms. The molecule has 266 valence electrons. The first-order valence-electron chi connectivity index (χ1n) is 17.9. The molecule has 2 heterocycles. The van der Waals surface area contributed by atoms with Gasteiger partial charge < -0.3 is 4.42 Å². The highest BCUT2D eigenvalue weighted by atomic mass is 19.4. The van der Waals surface area contributed by atoms with Crippen molar-refractivity contribution in [1.29, 1.82) is 0 Å². The monoisotopic (exact) mass is 720 g/mol. The first-order chi connectivity index (χ1) is 25.9. The maximum atomic E-state index is 15.3. The summed E-state index contributed by atoms with van der Waals surface area (Å²) in [7, 11) is 0. The minimum absolute atomic E-state index is 0.0366. The molecule has 0 bridgehead atoms. The molecule has 0 spiro atoms. The Balaban J connectivity index is 1.38. The van der Waals surface area contributed by atoms with Crippen LogP contribution in [0.25, 0.3) is 72.3 Å². The first kappa shape index (κ1) is 31.9. The largest absolute Gasteiger partial charge is 0.455 e. The van der Waals surface area contributed by atoms with E-state index in [0.717, 1.165) is 21.1 Å². The fourth-order valence-electron chi connectivity index (χ4n) is 6.87. The van der Waals surface area contributed by atoms with Crippen LogP contribution < -0.4 is 0 Å². The van der Waals surface area contributed by atoms with Gasteiger partial charge in [0.25, 0.3) is 0 Å². The SMILES string of the molecule is [2H]C([2H])(c1ccc(-c2cc(C(F)(F)F)c(-n3c(-c4cccc5c4oc4cc(-c6ccccc6)ccc45)nc4ccccc43)c(C(F)(F)F)c2)cc1)C(C)(C)C. The lowest BCUT2D eigenvalue weighted by molar-refractivity contribution is -0.142. The molecule has 0 radical (unpaired) electrons. The Kier molecular flexibility index (Phi) is 7.45. The number of imidazole rings is 1. The highest BCUT2D eigenvalue weighted by Gasteiger charge is 2.43. The second-order valence-electron chi connectivity index (χ2n) is 14.0. The Morgan fingerprint density at radius 3 is 1.91 bits per heavy atom. The van der Waals surface area contributed by atoms with Gasteiger partial charge in [-0.15, -0.1) is 0 Å². The summed E-state index contributed by atoms with van der Waals surface area (Å²) in [5.41, 5.74) is -2.00. The normalized spacial score (nSPS) is 13.5. The van der Waals surface area contributed by atoms with Crippen LogP contribution in [-0.4, -0.2) is 9.55 Å². The van der Waals surface area contributed by atoms with Crippen LogP contribution in [0, 0.1) is 5.41 Å². The number of benzene rings is 6. The second-order valence-corrected chi connectivity index (χ2v) is 14.0. The predicted molar refractivity (Wildman–Crippen MR) is 198 cm³/mol. The molecule has 0 saturated carbocycles. The van der Waals surface area contributed by atoms with E-state index in [0.29, 0.717) is 23.1 Å². The molecule has 0 aliphatic rings. The van der Waals surface area contributed by atoms with Gasteiger partial charge in [0.2, 0.25) is 0 Å². The van der Waals surface area contributed by atoms with Crippen LogP contribution in [0.2, 0.25) is 0 Å². The molecule has 0 saturated heterocycles. The summed E-state index contributed by atoms with van der Waals surface area (Å²) in [5, 5.41) is 1.34. The zero-order valence-corrected chi connectivity index (χ0v) is 28.7. The van der Waals surface area contributed by atoms with Crippen molar-refractivity contribution in [1.82, 2.24) is 9.55 Å². The number of para-hydroxylation sites is 3. The molecule has 8 aromatic rings. The van der Waals surface area contributed by atoms with Gasteiger partial charge in [0.05, 0.1) is 33.4 Å². The maximum Gasteiger partial charge on any atom is 0.418 e. The summed E-state index contributed by atoms with van der Waals surface area (Å²) in [6.45, 7) is 5.11. The van der Waals surface area contributed by atoms with Crippen molar-refractivity contribution < 1.29 is 33.5 Å². The molecule has 2 aromatic heterocycles. The summed E-state index contributed by atoms with van der Waals surface area (Å²) in [6.07, 6.45) is -12.3. The molecule has 3 nitrogen and oxygen atoms in total. The molecule has 9 heteroatoms. The van der Waals surface area contributed by atoms with E-state index in [9.17, 15) is 0 Å². The summed E-state index contributed by atoms with van der Waals surface area (Å²) >= 11 is 0. The predicted octanol–water partition coefficient (Wildman–Crippen LogP) is 13.6. The first-order valence-corrected chi connectivity index (χ1v) is 16.9. The molecular formula is C44H32F6N2O. The van der Waals surface area contributed by atoms with Gasteiger partial charge in [0, 0.05) is 13.5 Å². The lowest BCUT2D eigenvalue weighted by Crippen LogP contribution is -2.19. The minimum Gasteiger partial charge on any atom is -0.455 e. The third-order valence-electron chi connectivity index (χ3n) is 9.09. The van der Waals surface area contributed by atoms with E-state index in [1.165, 1.54) is 42.5 Å². The Bertz CT molecular complexity index is 2700. The van der Waals surface area contributed by atoms with Crippen LogP contribution in [0.15, 0.2) is 132 Å². The van der Waals surface area contributed by atoms with Crippen molar-refractivity contribution in [3.05, 3.63) is 144 Å². The number of nitrogens with zero attached hydrogens (tertiary/aromatic N) is 2. The average molecular weight is 721 g/mol. The number of rotatable bonds is 5. The lowest BCUT2D eigenvalue weighted by Gasteiger charge is -2.23. The van der Waals surface area contributed by atoms with E-state index in [1.807, 2.05) is 48.5 Å². The van der Waals surface area contributed by atoms with Gasteiger partial charge in [-0.25, -0.2) is 4.98 Å². The number of hydrogen-bond donors (Lipinski definition) is 0. The number of alkyl halides is 6. The summed E-state index contributed by atoms with van der Waals surface area (Å²) in [5.74, 6) is -0.161. The highest BCUT2D eigenvalue weighted by Crippen LogP contribution is 2.47. The van der Waals surface area contributed by atoms with E-state index in [4.69, 9.17) is 7.16 Å². The van der Waals surface area contributed by atoms with E-state index in [-0.39, 0.29) is 44.7 Å². The van der Waals surface area contributed by atoms with Gasteiger partial charge in [0.1, 0.15) is 17.0 Å². The van der Waals surface area contributed by atoms with Crippen LogP contribution in [0.5, 0.6) is 0 Å². The molecule has 6 aromatic carbocycles. The van der Waals surface area contributed by atoms with Crippen molar-refractivity contribution in [2.45, 2.75) is 39.5 Å². The van der Waals surface area contributed by atoms with Crippen molar-refractivity contribution in [3.63, 3.8) is 0 Å².